The quantitative estimate of drug-likeness (QED) is 0.848. The van der Waals surface area contributed by atoms with Crippen LogP contribution in [-0.2, 0) is 0 Å². The van der Waals surface area contributed by atoms with Crippen molar-refractivity contribution in [3.8, 4) is 0 Å². The van der Waals surface area contributed by atoms with Crippen molar-refractivity contribution in [1.82, 2.24) is 0 Å². The number of aliphatic hydroxyl groups is 1. The normalized spacial score (nSPS) is 25.4. The molecule has 1 fully saturated rings. The Hall–Kier alpha value is -0.0600. The minimum Gasteiger partial charge on any atom is -0.393 e. The largest absolute Gasteiger partial charge is 0.393 e. The van der Waals surface area contributed by atoms with Crippen molar-refractivity contribution in [2.75, 3.05) is 5.32 Å². The summed E-state index contributed by atoms with van der Waals surface area (Å²) >= 11 is 7.01. The fraction of sp³-hybridized carbons (Fsp3) is 0.500. The molecule has 0 atom stereocenters. The number of halogens is 2. The van der Waals surface area contributed by atoms with Gasteiger partial charge in [0.25, 0.3) is 0 Å². The van der Waals surface area contributed by atoms with E-state index in [9.17, 15) is 5.11 Å². The number of hydrogen-bond acceptors (Lipinski definition) is 2. The van der Waals surface area contributed by atoms with Crippen molar-refractivity contribution < 1.29 is 5.11 Å². The first-order valence-corrected chi connectivity index (χ1v) is 7.13. The number of anilines is 1. The van der Waals surface area contributed by atoms with Gasteiger partial charge in [-0.2, -0.15) is 0 Å². The van der Waals surface area contributed by atoms with Gasteiger partial charge in [0.1, 0.15) is 0 Å². The van der Waals surface area contributed by atoms with Gasteiger partial charge in [-0.15, -0.1) is 0 Å². The van der Waals surface area contributed by atoms with Crippen molar-refractivity contribution in [3.05, 3.63) is 27.1 Å². The lowest BCUT2D eigenvalue weighted by Crippen LogP contribution is -2.28. The Balaban J connectivity index is 2.00. The van der Waals surface area contributed by atoms with E-state index in [4.69, 9.17) is 0 Å². The van der Waals surface area contributed by atoms with E-state index in [1.807, 2.05) is 12.1 Å². The molecule has 0 heterocycles. The van der Waals surface area contributed by atoms with Crippen LogP contribution in [0.3, 0.4) is 0 Å². The van der Waals surface area contributed by atoms with Crippen LogP contribution in [0.25, 0.3) is 0 Å². The summed E-state index contributed by atoms with van der Waals surface area (Å²) in [6.07, 6.45) is 3.80. The highest BCUT2D eigenvalue weighted by molar-refractivity contribution is 9.11. The first kappa shape index (κ1) is 12.4. The van der Waals surface area contributed by atoms with E-state index in [0.717, 1.165) is 40.3 Å². The van der Waals surface area contributed by atoms with Gasteiger partial charge in [-0.1, -0.05) is 15.9 Å². The molecular formula is C12H15Br2NO. The second-order valence-corrected chi connectivity index (χ2v) is 6.04. The summed E-state index contributed by atoms with van der Waals surface area (Å²) in [5.41, 5.74) is 1.12. The van der Waals surface area contributed by atoms with Crippen molar-refractivity contribution in [1.29, 1.82) is 0 Å². The molecule has 2 N–H and O–H groups in total. The average Bonchev–Trinajstić information content (AvgIpc) is 2.27. The van der Waals surface area contributed by atoms with Gasteiger partial charge in [0.05, 0.1) is 6.10 Å². The number of nitrogens with one attached hydrogen (secondary N) is 1. The highest BCUT2D eigenvalue weighted by atomic mass is 79.9. The maximum Gasteiger partial charge on any atom is 0.0541 e. The van der Waals surface area contributed by atoms with Crippen LogP contribution in [0.1, 0.15) is 25.7 Å². The zero-order valence-corrected chi connectivity index (χ0v) is 12.1. The molecule has 0 aliphatic heterocycles. The number of hydrogen-bond donors (Lipinski definition) is 2. The molecule has 0 amide bonds. The Morgan fingerprint density at radius 2 is 1.81 bits per heavy atom. The van der Waals surface area contributed by atoms with Gasteiger partial charge < -0.3 is 10.4 Å². The Kier molecular flexibility index (Phi) is 4.27. The van der Waals surface area contributed by atoms with Gasteiger partial charge in [0.2, 0.25) is 0 Å². The van der Waals surface area contributed by atoms with Crippen molar-refractivity contribution >= 4 is 37.5 Å². The molecule has 88 valence electrons. The molecule has 0 spiro atoms. The summed E-state index contributed by atoms with van der Waals surface area (Å²) < 4.78 is 2.16. The third-order valence-corrected chi connectivity index (χ3v) is 4.17. The first-order valence-electron chi connectivity index (χ1n) is 5.55. The van der Waals surface area contributed by atoms with Crippen molar-refractivity contribution in [3.63, 3.8) is 0 Å². The Morgan fingerprint density at radius 3 is 2.50 bits per heavy atom. The maximum atomic E-state index is 9.45. The molecule has 4 heteroatoms. The summed E-state index contributed by atoms with van der Waals surface area (Å²) in [4.78, 5) is 0. The molecule has 2 nitrogen and oxygen atoms in total. The standard InChI is InChI=1S/C12H15Br2NO/c13-8-1-6-11(14)12(7-8)15-9-2-4-10(16)5-3-9/h1,6-7,9-10,15-16H,2-5H2. The predicted octanol–water partition coefficient (Wildman–Crippen LogP) is 3.93. The Bertz CT molecular complexity index is 362. The van der Waals surface area contributed by atoms with Crippen LogP contribution in [0.15, 0.2) is 27.1 Å². The SMILES string of the molecule is OC1CCC(Nc2cc(Br)ccc2Br)CC1. The summed E-state index contributed by atoms with van der Waals surface area (Å²) in [5, 5.41) is 13.0. The zero-order chi connectivity index (χ0) is 11.5. The molecule has 16 heavy (non-hydrogen) atoms. The van der Waals surface area contributed by atoms with E-state index in [1.54, 1.807) is 0 Å². The molecule has 1 aliphatic carbocycles. The van der Waals surface area contributed by atoms with Crippen LogP contribution in [0.4, 0.5) is 5.69 Å². The highest BCUT2D eigenvalue weighted by Crippen LogP contribution is 2.29. The van der Waals surface area contributed by atoms with Crippen LogP contribution in [0.2, 0.25) is 0 Å². The van der Waals surface area contributed by atoms with Gasteiger partial charge in [0.15, 0.2) is 0 Å². The minimum atomic E-state index is -0.0935. The second-order valence-electron chi connectivity index (χ2n) is 4.27. The average molecular weight is 349 g/mol. The van der Waals surface area contributed by atoms with E-state index in [2.05, 4.69) is 43.2 Å². The third-order valence-electron chi connectivity index (χ3n) is 2.98. The molecule has 0 saturated heterocycles. The lowest BCUT2D eigenvalue weighted by molar-refractivity contribution is 0.126. The van der Waals surface area contributed by atoms with Crippen LogP contribution in [-0.4, -0.2) is 17.3 Å². The van der Waals surface area contributed by atoms with Crippen LogP contribution >= 0.6 is 31.9 Å². The molecular weight excluding hydrogens is 334 g/mol. The molecule has 2 rings (SSSR count). The molecule has 0 radical (unpaired) electrons. The van der Waals surface area contributed by atoms with Gasteiger partial charge in [-0.25, -0.2) is 0 Å². The lowest BCUT2D eigenvalue weighted by atomic mass is 9.93. The molecule has 1 aromatic rings. The van der Waals surface area contributed by atoms with Crippen molar-refractivity contribution in [2.24, 2.45) is 0 Å². The number of benzene rings is 1. The smallest absolute Gasteiger partial charge is 0.0541 e. The molecule has 1 saturated carbocycles. The molecule has 0 aromatic heterocycles. The second kappa shape index (κ2) is 5.52. The molecule has 1 aromatic carbocycles. The van der Waals surface area contributed by atoms with Crippen LogP contribution < -0.4 is 5.32 Å². The maximum absolute atomic E-state index is 9.45. The summed E-state index contributed by atoms with van der Waals surface area (Å²) in [6, 6.07) is 6.60. The summed E-state index contributed by atoms with van der Waals surface area (Å²) in [6.45, 7) is 0. The highest BCUT2D eigenvalue weighted by Gasteiger charge is 2.19. The number of rotatable bonds is 2. The topological polar surface area (TPSA) is 32.3 Å². The van der Waals surface area contributed by atoms with Crippen LogP contribution in [0, 0.1) is 0 Å². The summed E-state index contributed by atoms with van der Waals surface area (Å²) in [7, 11) is 0. The van der Waals surface area contributed by atoms with E-state index in [-0.39, 0.29) is 6.10 Å². The van der Waals surface area contributed by atoms with Gasteiger partial charge in [-0.05, 0) is 59.8 Å². The van der Waals surface area contributed by atoms with E-state index < -0.39 is 0 Å². The minimum absolute atomic E-state index is 0.0935. The van der Waals surface area contributed by atoms with Crippen LogP contribution in [0.5, 0.6) is 0 Å². The fourth-order valence-electron chi connectivity index (χ4n) is 2.05. The van der Waals surface area contributed by atoms with E-state index in [1.165, 1.54) is 0 Å². The third kappa shape index (κ3) is 3.22. The summed E-state index contributed by atoms with van der Waals surface area (Å²) in [5.74, 6) is 0. The van der Waals surface area contributed by atoms with Gasteiger partial charge in [0, 0.05) is 20.7 Å². The Labute approximate surface area is 113 Å². The van der Waals surface area contributed by atoms with E-state index >= 15 is 0 Å². The predicted molar refractivity (Wildman–Crippen MR) is 73.7 cm³/mol. The van der Waals surface area contributed by atoms with Gasteiger partial charge >= 0.3 is 0 Å². The first-order chi connectivity index (χ1) is 7.65. The zero-order valence-electron chi connectivity index (χ0n) is 8.92. The van der Waals surface area contributed by atoms with Crippen molar-refractivity contribution in [2.45, 2.75) is 37.8 Å². The molecule has 1 aliphatic rings. The van der Waals surface area contributed by atoms with E-state index in [0.29, 0.717) is 6.04 Å². The lowest BCUT2D eigenvalue weighted by Gasteiger charge is -2.27. The monoisotopic (exact) mass is 347 g/mol. The number of aliphatic hydroxyl groups excluding tert-OH is 1. The molecule has 0 unspecified atom stereocenters. The fourth-order valence-corrected chi connectivity index (χ4v) is 2.77. The van der Waals surface area contributed by atoms with Gasteiger partial charge in [-0.3, -0.25) is 0 Å². The molecule has 0 bridgehead atoms. The Morgan fingerprint density at radius 1 is 1.12 bits per heavy atom.